The number of nitrogens with zero attached hydrogens (tertiary/aromatic N) is 1. The normalized spacial score (nSPS) is 11.2. The largest absolute Gasteiger partial charge is 0.508 e. The number of aromatic hydroxyl groups is 1. The highest BCUT2D eigenvalue weighted by atomic mass is 16.6. The zero-order valence-electron chi connectivity index (χ0n) is 14.7. The molecule has 1 N–H and O–H groups in total. The second kappa shape index (κ2) is 7.39. The maximum absolute atomic E-state index is 12.0. The Labute approximate surface area is 143 Å². The zero-order chi connectivity index (χ0) is 17.7. The summed E-state index contributed by atoms with van der Waals surface area (Å²) in [7, 11) is 0. The predicted octanol–water partition coefficient (Wildman–Crippen LogP) is 4.56. The molecule has 0 heterocycles. The van der Waals surface area contributed by atoms with Crippen LogP contribution in [0.25, 0.3) is 0 Å². The van der Waals surface area contributed by atoms with Gasteiger partial charge in [0.15, 0.2) is 0 Å². The molecule has 0 bridgehead atoms. The molecule has 4 heteroatoms. The molecule has 0 unspecified atom stereocenters. The first kappa shape index (κ1) is 17.9. The minimum absolute atomic E-state index is 0.213. The number of ether oxygens (including phenoxy) is 1. The van der Waals surface area contributed by atoms with E-state index in [0.717, 1.165) is 11.1 Å². The summed E-state index contributed by atoms with van der Waals surface area (Å²) in [6, 6.07) is 14.8. The first-order valence-electron chi connectivity index (χ1n) is 8.25. The summed E-state index contributed by atoms with van der Waals surface area (Å²) in [5.41, 5.74) is 2.00. The Kier molecular flexibility index (Phi) is 5.50. The average molecular weight is 327 g/mol. The molecule has 0 saturated carbocycles. The first-order chi connectivity index (χ1) is 11.4. The molecule has 2 rings (SSSR count). The summed E-state index contributed by atoms with van der Waals surface area (Å²) < 4.78 is 5.40. The van der Waals surface area contributed by atoms with Gasteiger partial charge < -0.3 is 14.7 Å². The molecular weight excluding hydrogens is 302 g/mol. The molecule has 24 heavy (non-hydrogen) atoms. The van der Waals surface area contributed by atoms with Crippen molar-refractivity contribution in [1.82, 2.24) is 4.90 Å². The van der Waals surface area contributed by atoms with E-state index in [4.69, 9.17) is 4.74 Å². The van der Waals surface area contributed by atoms with Gasteiger partial charge in [0.1, 0.15) is 11.5 Å². The van der Waals surface area contributed by atoms with E-state index in [-0.39, 0.29) is 17.3 Å². The summed E-state index contributed by atoms with van der Waals surface area (Å²) in [6.07, 6.45) is -0.328. The minimum atomic E-state index is -0.328. The van der Waals surface area contributed by atoms with Crippen molar-refractivity contribution in [1.29, 1.82) is 0 Å². The maximum atomic E-state index is 12.0. The molecule has 2 aromatic carbocycles. The van der Waals surface area contributed by atoms with E-state index in [0.29, 0.717) is 18.8 Å². The van der Waals surface area contributed by atoms with Crippen molar-refractivity contribution in [3.63, 3.8) is 0 Å². The molecule has 0 aliphatic carbocycles. The molecule has 0 atom stereocenters. The molecule has 4 nitrogen and oxygen atoms in total. The monoisotopic (exact) mass is 327 g/mol. The van der Waals surface area contributed by atoms with Crippen LogP contribution >= 0.6 is 0 Å². The number of carbonyl (C=O) groups is 1. The van der Waals surface area contributed by atoms with Crippen molar-refractivity contribution in [3.05, 3.63) is 59.7 Å². The number of hydrogen-bond donors (Lipinski definition) is 1. The highest BCUT2D eigenvalue weighted by Gasteiger charge is 2.23. The molecule has 2 aromatic rings. The lowest BCUT2D eigenvalue weighted by Gasteiger charge is -2.26. The average Bonchev–Trinajstić information content (AvgIpc) is 2.57. The van der Waals surface area contributed by atoms with Crippen LogP contribution in [0.5, 0.6) is 11.5 Å². The maximum Gasteiger partial charge on any atom is 0.415 e. The molecule has 128 valence electrons. The van der Waals surface area contributed by atoms with Crippen LogP contribution in [0.1, 0.15) is 38.8 Å². The Morgan fingerprint density at radius 3 is 1.88 bits per heavy atom. The molecule has 0 saturated heterocycles. The van der Waals surface area contributed by atoms with Crippen molar-refractivity contribution in [2.24, 2.45) is 0 Å². The zero-order valence-corrected chi connectivity index (χ0v) is 14.7. The second-order valence-corrected chi connectivity index (χ2v) is 6.24. The number of carbonyl (C=O) groups excluding carboxylic acids is 1. The topological polar surface area (TPSA) is 49.8 Å². The molecule has 0 fully saturated rings. The van der Waals surface area contributed by atoms with Crippen molar-refractivity contribution in [2.75, 3.05) is 13.1 Å². The Hall–Kier alpha value is -2.49. The Balaban J connectivity index is 2.16. The van der Waals surface area contributed by atoms with Crippen LogP contribution in [0, 0.1) is 0 Å². The molecule has 0 aromatic heterocycles. The molecule has 0 spiro atoms. The molecule has 0 aliphatic rings. The van der Waals surface area contributed by atoms with E-state index in [1.807, 2.05) is 50.2 Å². The Morgan fingerprint density at radius 2 is 1.42 bits per heavy atom. The Bertz CT molecular complexity index is 671. The van der Waals surface area contributed by atoms with E-state index in [1.54, 1.807) is 17.0 Å². The lowest BCUT2D eigenvalue weighted by molar-refractivity contribution is 0.157. The van der Waals surface area contributed by atoms with E-state index in [2.05, 4.69) is 13.8 Å². The van der Waals surface area contributed by atoms with Crippen LogP contribution in [0.2, 0.25) is 0 Å². The van der Waals surface area contributed by atoms with Crippen LogP contribution in [0.4, 0.5) is 4.79 Å². The van der Waals surface area contributed by atoms with Gasteiger partial charge in [0.25, 0.3) is 0 Å². The highest BCUT2D eigenvalue weighted by Crippen LogP contribution is 2.33. The second-order valence-electron chi connectivity index (χ2n) is 6.24. The predicted molar refractivity (Wildman–Crippen MR) is 95.6 cm³/mol. The van der Waals surface area contributed by atoms with E-state index in [9.17, 15) is 9.90 Å². The van der Waals surface area contributed by atoms with Crippen LogP contribution in [-0.4, -0.2) is 29.2 Å². The van der Waals surface area contributed by atoms with Crippen LogP contribution in [-0.2, 0) is 5.41 Å². The summed E-state index contributed by atoms with van der Waals surface area (Å²) >= 11 is 0. The fraction of sp³-hybridized carbons (Fsp3) is 0.350. The number of phenolic OH excluding ortho intramolecular Hbond substituents is 1. The first-order valence-corrected chi connectivity index (χ1v) is 8.25. The van der Waals surface area contributed by atoms with Gasteiger partial charge in [-0.15, -0.1) is 0 Å². The lowest BCUT2D eigenvalue weighted by atomic mass is 9.78. The minimum Gasteiger partial charge on any atom is -0.508 e. The van der Waals surface area contributed by atoms with Gasteiger partial charge in [-0.2, -0.15) is 0 Å². The van der Waals surface area contributed by atoms with Gasteiger partial charge in [0.2, 0.25) is 0 Å². The van der Waals surface area contributed by atoms with Gasteiger partial charge in [-0.05, 0) is 49.2 Å². The highest BCUT2D eigenvalue weighted by molar-refractivity contribution is 5.70. The van der Waals surface area contributed by atoms with Gasteiger partial charge in [-0.1, -0.05) is 38.1 Å². The summed E-state index contributed by atoms with van der Waals surface area (Å²) in [6.45, 7) is 9.34. The van der Waals surface area contributed by atoms with Gasteiger partial charge in [0, 0.05) is 18.5 Å². The summed E-state index contributed by atoms with van der Waals surface area (Å²) in [5, 5.41) is 9.45. The van der Waals surface area contributed by atoms with Crippen LogP contribution < -0.4 is 4.74 Å². The summed E-state index contributed by atoms with van der Waals surface area (Å²) in [5.74, 6) is 0.797. The Morgan fingerprint density at radius 1 is 0.958 bits per heavy atom. The lowest BCUT2D eigenvalue weighted by Crippen LogP contribution is -2.33. The number of phenols is 1. The van der Waals surface area contributed by atoms with Crippen LogP contribution in [0.15, 0.2) is 48.5 Å². The fourth-order valence-electron chi connectivity index (χ4n) is 2.63. The van der Waals surface area contributed by atoms with Crippen molar-refractivity contribution >= 4 is 6.09 Å². The third-order valence-corrected chi connectivity index (χ3v) is 4.39. The SMILES string of the molecule is CCN(CC)C(=O)Oc1ccc(C(C)(C)c2ccc(O)cc2)cc1. The summed E-state index contributed by atoms with van der Waals surface area (Å²) in [4.78, 5) is 13.6. The molecular formula is C20H25NO3. The third-order valence-electron chi connectivity index (χ3n) is 4.39. The van der Waals surface area contributed by atoms with E-state index >= 15 is 0 Å². The quantitative estimate of drug-likeness (QED) is 0.876. The van der Waals surface area contributed by atoms with E-state index < -0.39 is 0 Å². The standard InChI is InChI=1S/C20H25NO3/c1-5-21(6-2)19(23)24-18-13-9-16(10-14-18)20(3,4)15-7-11-17(22)12-8-15/h7-14,22H,5-6H2,1-4H3. The fourth-order valence-corrected chi connectivity index (χ4v) is 2.63. The van der Waals surface area contributed by atoms with Gasteiger partial charge in [-0.3, -0.25) is 0 Å². The molecule has 0 aliphatic heterocycles. The van der Waals surface area contributed by atoms with Gasteiger partial charge >= 0.3 is 6.09 Å². The number of benzene rings is 2. The van der Waals surface area contributed by atoms with Gasteiger partial charge in [0.05, 0.1) is 0 Å². The van der Waals surface area contributed by atoms with Crippen LogP contribution in [0.3, 0.4) is 0 Å². The third kappa shape index (κ3) is 3.88. The van der Waals surface area contributed by atoms with Gasteiger partial charge in [-0.25, -0.2) is 4.79 Å². The van der Waals surface area contributed by atoms with Crippen molar-refractivity contribution in [2.45, 2.75) is 33.1 Å². The number of amides is 1. The van der Waals surface area contributed by atoms with Crippen molar-refractivity contribution in [3.8, 4) is 11.5 Å². The smallest absolute Gasteiger partial charge is 0.415 e. The number of rotatable bonds is 5. The van der Waals surface area contributed by atoms with E-state index in [1.165, 1.54) is 0 Å². The molecule has 0 radical (unpaired) electrons. The van der Waals surface area contributed by atoms with Crippen molar-refractivity contribution < 1.29 is 14.6 Å². The number of hydrogen-bond acceptors (Lipinski definition) is 3. The molecule has 1 amide bonds.